The molecule has 1 aromatic carbocycles. The highest BCUT2D eigenvalue weighted by atomic mass is 16.2. The van der Waals surface area contributed by atoms with Gasteiger partial charge < -0.3 is 5.32 Å². The number of carbonyl (C=O) groups excluding carboxylic acids is 1. The van der Waals surface area contributed by atoms with Crippen molar-refractivity contribution in [1.29, 1.82) is 0 Å². The highest BCUT2D eigenvalue weighted by Gasteiger charge is 2.12. The quantitative estimate of drug-likeness (QED) is 0.775. The Bertz CT molecular complexity index is 687. The van der Waals surface area contributed by atoms with Gasteiger partial charge in [-0.2, -0.15) is 4.80 Å². The van der Waals surface area contributed by atoms with Gasteiger partial charge in [0.15, 0.2) is 0 Å². The van der Waals surface area contributed by atoms with Gasteiger partial charge in [0, 0.05) is 18.7 Å². The largest absolute Gasteiger partial charge is 0.351 e. The Labute approximate surface area is 141 Å². The molecule has 3 rings (SSSR count). The molecule has 24 heavy (non-hydrogen) atoms. The number of tetrazole rings is 1. The number of aromatic nitrogens is 4. The molecule has 0 aliphatic carbocycles. The van der Waals surface area contributed by atoms with Gasteiger partial charge in [0.05, 0.1) is 0 Å². The van der Waals surface area contributed by atoms with Crippen molar-refractivity contribution in [2.45, 2.75) is 25.9 Å². The lowest BCUT2D eigenvalue weighted by molar-refractivity contribution is -0.121. The third kappa shape index (κ3) is 4.26. The maximum Gasteiger partial charge on any atom is 0.243 e. The van der Waals surface area contributed by atoms with Gasteiger partial charge in [-0.25, -0.2) is 0 Å². The van der Waals surface area contributed by atoms with E-state index in [0.717, 1.165) is 12.1 Å². The SMILES string of the molecule is C=CCNC(=O)Cn1nnc(-c2ccc(CN3CCCC3)cc2)n1. The molecule has 1 aliphatic rings. The van der Waals surface area contributed by atoms with E-state index in [-0.39, 0.29) is 12.5 Å². The molecule has 1 amide bonds. The molecule has 1 N–H and O–H groups in total. The van der Waals surface area contributed by atoms with Crippen molar-refractivity contribution in [3.05, 3.63) is 42.5 Å². The lowest BCUT2D eigenvalue weighted by Crippen LogP contribution is -2.28. The number of benzene rings is 1. The molecule has 2 aromatic rings. The normalized spacial score (nSPS) is 14.7. The fourth-order valence-corrected chi connectivity index (χ4v) is 2.75. The molecule has 1 aromatic heterocycles. The molecule has 0 radical (unpaired) electrons. The number of hydrogen-bond donors (Lipinski definition) is 1. The Balaban J connectivity index is 1.60. The summed E-state index contributed by atoms with van der Waals surface area (Å²) in [5, 5.41) is 14.9. The summed E-state index contributed by atoms with van der Waals surface area (Å²) in [7, 11) is 0. The lowest BCUT2D eigenvalue weighted by atomic mass is 10.1. The van der Waals surface area contributed by atoms with Crippen LogP contribution in [0.2, 0.25) is 0 Å². The molecule has 0 bridgehead atoms. The van der Waals surface area contributed by atoms with E-state index in [9.17, 15) is 4.79 Å². The first-order chi connectivity index (χ1) is 11.7. The van der Waals surface area contributed by atoms with E-state index in [0.29, 0.717) is 12.4 Å². The van der Waals surface area contributed by atoms with Crippen LogP contribution in [0.15, 0.2) is 36.9 Å². The second kappa shape index (κ2) is 7.83. The zero-order valence-corrected chi connectivity index (χ0v) is 13.7. The Hall–Kier alpha value is -2.54. The highest BCUT2D eigenvalue weighted by molar-refractivity contribution is 5.75. The molecule has 0 atom stereocenters. The van der Waals surface area contributed by atoms with Crippen molar-refractivity contribution in [3.8, 4) is 11.4 Å². The van der Waals surface area contributed by atoms with Crippen LogP contribution in [0, 0.1) is 0 Å². The van der Waals surface area contributed by atoms with Crippen molar-refractivity contribution in [1.82, 2.24) is 30.4 Å². The maximum atomic E-state index is 11.6. The summed E-state index contributed by atoms with van der Waals surface area (Å²) < 4.78 is 0. The number of likely N-dealkylation sites (tertiary alicyclic amines) is 1. The van der Waals surface area contributed by atoms with Crippen molar-refractivity contribution >= 4 is 5.91 Å². The molecule has 126 valence electrons. The fourth-order valence-electron chi connectivity index (χ4n) is 2.75. The molecule has 0 spiro atoms. The van der Waals surface area contributed by atoms with Gasteiger partial charge in [0.1, 0.15) is 6.54 Å². The van der Waals surface area contributed by atoms with E-state index in [4.69, 9.17) is 0 Å². The number of nitrogens with zero attached hydrogens (tertiary/aromatic N) is 5. The molecule has 7 nitrogen and oxygen atoms in total. The summed E-state index contributed by atoms with van der Waals surface area (Å²) in [5.41, 5.74) is 2.19. The number of amides is 1. The Morgan fingerprint density at radius 3 is 2.71 bits per heavy atom. The summed E-state index contributed by atoms with van der Waals surface area (Å²) in [4.78, 5) is 15.4. The molecule has 7 heteroatoms. The lowest BCUT2D eigenvalue weighted by Gasteiger charge is -2.14. The third-order valence-corrected chi connectivity index (χ3v) is 4.00. The first-order valence-electron chi connectivity index (χ1n) is 8.21. The molecule has 1 fully saturated rings. The number of carbonyl (C=O) groups is 1. The first-order valence-corrected chi connectivity index (χ1v) is 8.21. The zero-order chi connectivity index (χ0) is 16.8. The van der Waals surface area contributed by atoms with Gasteiger partial charge in [-0.15, -0.1) is 16.8 Å². The van der Waals surface area contributed by atoms with Crippen LogP contribution in [0.4, 0.5) is 0 Å². The summed E-state index contributed by atoms with van der Waals surface area (Å²) >= 11 is 0. The van der Waals surface area contributed by atoms with E-state index < -0.39 is 0 Å². The van der Waals surface area contributed by atoms with Crippen LogP contribution in [-0.4, -0.2) is 50.6 Å². The summed E-state index contributed by atoms with van der Waals surface area (Å²) in [5.74, 6) is 0.360. The standard InChI is InChI=1S/C17H22N6O/c1-2-9-18-16(24)13-23-20-17(19-21-23)15-7-5-14(6-8-15)12-22-10-3-4-11-22/h2,5-8H,1,3-4,9-13H2,(H,18,24). The second-order valence-corrected chi connectivity index (χ2v) is 5.92. The minimum Gasteiger partial charge on any atom is -0.351 e. The van der Waals surface area contributed by atoms with Gasteiger partial charge in [-0.05, 0) is 36.7 Å². The minimum absolute atomic E-state index is 0.0495. The minimum atomic E-state index is -0.167. The highest BCUT2D eigenvalue weighted by Crippen LogP contribution is 2.17. The number of hydrogen-bond acceptors (Lipinski definition) is 5. The first kappa shape index (κ1) is 16.3. The fraction of sp³-hybridized carbons (Fsp3) is 0.412. The van der Waals surface area contributed by atoms with Crippen LogP contribution in [0.25, 0.3) is 11.4 Å². The van der Waals surface area contributed by atoms with Crippen LogP contribution in [0.1, 0.15) is 18.4 Å². The molecule has 1 saturated heterocycles. The van der Waals surface area contributed by atoms with Gasteiger partial charge >= 0.3 is 0 Å². The van der Waals surface area contributed by atoms with Crippen LogP contribution < -0.4 is 5.32 Å². The van der Waals surface area contributed by atoms with E-state index in [2.05, 4.69) is 44.3 Å². The van der Waals surface area contributed by atoms with Gasteiger partial charge in [-0.3, -0.25) is 9.69 Å². The molecular formula is C17H22N6O. The van der Waals surface area contributed by atoms with Crippen LogP contribution in [-0.2, 0) is 17.9 Å². The van der Waals surface area contributed by atoms with E-state index in [1.54, 1.807) is 6.08 Å². The summed E-state index contributed by atoms with van der Waals surface area (Å²) in [6.45, 7) is 7.40. The monoisotopic (exact) mass is 326 g/mol. The van der Waals surface area contributed by atoms with Crippen molar-refractivity contribution in [2.75, 3.05) is 19.6 Å². The average Bonchev–Trinajstić information content (AvgIpc) is 3.26. The topological polar surface area (TPSA) is 75.9 Å². The zero-order valence-electron chi connectivity index (χ0n) is 13.7. The van der Waals surface area contributed by atoms with Crippen LogP contribution in [0.5, 0.6) is 0 Å². The Morgan fingerprint density at radius 1 is 1.25 bits per heavy atom. The van der Waals surface area contributed by atoms with Gasteiger partial charge in [-0.1, -0.05) is 30.3 Å². The average molecular weight is 326 g/mol. The Kier molecular flexibility index (Phi) is 5.32. The maximum absolute atomic E-state index is 11.6. The molecular weight excluding hydrogens is 304 g/mol. The van der Waals surface area contributed by atoms with E-state index in [1.807, 2.05) is 12.1 Å². The van der Waals surface area contributed by atoms with Crippen molar-refractivity contribution < 1.29 is 4.79 Å². The second-order valence-electron chi connectivity index (χ2n) is 5.92. The van der Waals surface area contributed by atoms with Crippen molar-refractivity contribution in [3.63, 3.8) is 0 Å². The predicted octanol–water partition coefficient (Wildman–Crippen LogP) is 1.24. The van der Waals surface area contributed by atoms with Crippen molar-refractivity contribution in [2.24, 2.45) is 0 Å². The Morgan fingerprint density at radius 2 is 2.00 bits per heavy atom. The number of nitrogens with one attached hydrogen (secondary N) is 1. The smallest absolute Gasteiger partial charge is 0.243 e. The predicted molar refractivity (Wildman–Crippen MR) is 91.0 cm³/mol. The van der Waals surface area contributed by atoms with Gasteiger partial charge in [0.25, 0.3) is 0 Å². The molecule has 1 aliphatic heterocycles. The number of rotatable bonds is 7. The van der Waals surface area contributed by atoms with E-state index >= 15 is 0 Å². The summed E-state index contributed by atoms with van der Waals surface area (Å²) in [6.07, 6.45) is 4.22. The van der Waals surface area contributed by atoms with E-state index in [1.165, 1.54) is 36.3 Å². The molecule has 0 saturated carbocycles. The van der Waals surface area contributed by atoms with Crippen LogP contribution >= 0.6 is 0 Å². The third-order valence-electron chi connectivity index (χ3n) is 4.00. The van der Waals surface area contributed by atoms with Crippen LogP contribution in [0.3, 0.4) is 0 Å². The molecule has 2 heterocycles. The van der Waals surface area contributed by atoms with Gasteiger partial charge in [0.2, 0.25) is 11.7 Å². The molecule has 0 unspecified atom stereocenters. The summed E-state index contributed by atoms with van der Waals surface area (Å²) in [6, 6.07) is 8.21.